The summed E-state index contributed by atoms with van der Waals surface area (Å²) >= 11 is 0. The van der Waals surface area contributed by atoms with Crippen molar-refractivity contribution in [3.63, 3.8) is 0 Å². The summed E-state index contributed by atoms with van der Waals surface area (Å²) < 4.78 is 8.88. The first-order valence-corrected chi connectivity index (χ1v) is 8.33. The van der Waals surface area contributed by atoms with E-state index < -0.39 is 7.82 Å². The van der Waals surface area contributed by atoms with Gasteiger partial charge >= 0.3 is 7.82 Å². The first kappa shape index (κ1) is 20.1. The van der Waals surface area contributed by atoms with Crippen molar-refractivity contribution in [1.82, 2.24) is 4.90 Å². The SMILES string of the molecule is CC[C@@H](c1cccc(O)c1)[C@@H](C)CN(C)C.O=P(O)(O)O. The van der Waals surface area contributed by atoms with E-state index in [-0.39, 0.29) is 0 Å². The average molecular weight is 319 g/mol. The smallest absolute Gasteiger partial charge is 0.466 e. The van der Waals surface area contributed by atoms with Gasteiger partial charge < -0.3 is 24.7 Å². The third kappa shape index (κ3) is 10.5. The number of phenolic OH excluding ortho intramolecular Hbond substituents is 1. The summed E-state index contributed by atoms with van der Waals surface area (Å²) in [6.45, 7) is 5.56. The molecule has 0 amide bonds. The van der Waals surface area contributed by atoms with E-state index in [1.165, 1.54) is 5.56 Å². The minimum Gasteiger partial charge on any atom is -0.508 e. The third-order valence-corrected chi connectivity index (χ3v) is 3.08. The largest absolute Gasteiger partial charge is 0.508 e. The summed E-state index contributed by atoms with van der Waals surface area (Å²) in [5.74, 6) is 1.49. The molecular weight excluding hydrogens is 293 g/mol. The normalized spacial score (nSPS) is 14.3. The summed E-state index contributed by atoms with van der Waals surface area (Å²) in [6.07, 6.45) is 1.11. The number of hydrogen-bond donors (Lipinski definition) is 4. The van der Waals surface area contributed by atoms with Crippen LogP contribution in [-0.4, -0.2) is 45.3 Å². The molecule has 1 rings (SSSR count). The predicted molar refractivity (Wildman–Crippen MR) is 83.1 cm³/mol. The minimum atomic E-state index is -4.64. The molecule has 1 aromatic carbocycles. The Balaban J connectivity index is 0.000000690. The first-order valence-electron chi connectivity index (χ1n) is 6.76. The van der Waals surface area contributed by atoms with Crippen LogP contribution in [0.5, 0.6) is 5.75 Å². The van der Waals surface area contributed by atoms with Gasteiger partial charge in [0, 0.05) is 6.54 Å². The second-order valence-corrected chi connectivity index (χ2v) is 6.39. The van der Waals surface area contributed by atoms with E-state index in [0.717, 1.165) is 13.0 Å². The summed E-state index contributed by atoms with van der Waals surface area (Å²) in [5, 5.41) is 9.51. The molecule has 0 aromatic heterocycles. The molecule has 21 heavy (non-hydrogen) atoms. The fourth-order valence-corrected chi connectivity index (χ4v) is 2.43. The molecule has 122 valence electrons. The predicted octanol–water partition coefficient (Wildman–Crippen LogP) is 2.15. The van der Waals surface area contributed by atoms with Crippen LogP contribution in [0.25, 0.3) is 0 Å². The molecule has 0 heterocycles. The lowest BCUT2D eigenvalue weighted by Gasteiger charge is -2.26. The van der Waals surface area contributed by atoms with Gasteiger partial charge in [0.05, 0.1) is 0 Å². The Morgan fingerprint density at radius 1 is 1.24 bits per heavy atom. The number of benzene rings is 1. The Hall–Kier alpha value is -0.910. The monoisotopic (exact) mass is 319 g/mol. The fraction of sp³-hybridized carbons (Fsp3) is 0.571. The van der Waals surface area contributed by atoms with Gasteiger partial charge in [-0.25, -0.2) is 4.57 Å². The van der Waals surface area contributed by atoms with Gasteiger partial charge in [0.25, 0.3) is 0 Å². The molecule has 0 aliphatic heterocycles. The zero-order chi connectivity index (χ0) is 16.6. The highest BCUT2D eigenvalue weighted by Gasteiger charge is 2.18. The lowest BCUT2D eigenvalue weighted by Crippen LogP contribution is -2.24. The van der Waals surface area contributed by atoms with E-state index in [1.54, 1.807) is 6.07 Å². The highest BCUT2D eigenvalue weighted by molar-refractivity contribution is 7.45. The van der Waals surface area contributed by atoms with Crippen LogP contribution >= 0.6 is 7.82 Å². The van der Waals surface area contributed by atoms with Gasteiger partial charge in [0.1, 0.15) is 5.75 Å². The number of hydrogen-bond acceptors (Lipinski definition) is 3. The van der Waals surface area contributed by atoms with Gasteiger partial charge in [0.15, 0.2) is 0 Å². The summed E-state index contributed by atoms with van der Waals surface area (Å²) in [5.41, 5.74) is 1.25. The van der Waals surface area contributed by atoms with Crippen LogP contribution in [0.15, 0.2) is 24.3 Å². The van der Waals surface area contributed by atoms with Crippen molar-refractivity contribution < 1.29 is 24.4 Å². The Bertz CT molecular complexity index is 452. The molecule has 0 saturated carbocycles. The van der Waals surface area contributed by atoms with Crippen molar-refractivity contribution in [2.24, 2.45) is 5.92 Å². The van der Waals surface area contributed by atoms with Crippen LogP contribution in [0.2, 0.25) is 0 Å². The van der Waals surface area contributed by atoms with E-state index in [1.807, 2.05) is 12.1 Å². The van der Waals surface area contributed by atoms with Gasteiger partial charge in [-0.05, 0) is 50.0 Å². The molecule has 2 atom stereocenters. The molecular formula is C14H26NO5P. The van der Waals surface area contributed by atoms with Crippen LogP contribution < -0.4 is 0 Å². The molecule has 0 aliphatic rings. The van der Waals surface area contributed by atoms with Crippen molar-refractivity contribution in [2.45, 2.75) is 26.2 Å². The average Bonchev–Trinajstić information content (AvgIpc) is 2.26. The van der Waals surface area contributed by atoms with Crippen molar-refractivity contribution in [3.05, 3.63) is 29.8 Å². The topological polar surface area (TPSA) is 101 Å². The zero-order valence-electron chi connectivity index (χ0n) is 13.0. The fourth-order valence-electron chi connectivity index (χ4n) is 2.43. The van der Waals surface area contributed by atoms with Crippen molar-refractivity contribution in [1.29, 1.82) is 0 Å². The molecule has 0 saturated heterocycles. The van der Waals surface area contributed by atoms with Crippen LogP contribution in [0.4, 0.5) is 0 Å². The lowest BCUT2D eigenvalue weighted by atomic mass is 9.85. The Labute approximate surface area is 126 Å². The number of nitrogens with zero attached hydrogens (tertiary/aromatic N) is 1. The number of phenols is 1. The van der Waals surface area contributed by atoms with E-state index in [2.05, 4.69) is 38.9 Å². The van der Waals surface area contributed by atoms with E-state index in [4.69, 9.17) is 19.2 Å². The molecule has 0 spiro atoms. The first-order chi connectivity index (χ1) is 9.54. The molecule has 0 fully saturated rings. The zero-order valence-corrected chi connectivity index (χ0v) is 13.9. The van der Waals surface area contributed by atoms with Gasteiger partial charge in [-0.3, -0.25) is 0 Å². The van der Waals surface area contributed by atoms with Crippen LogP contribution in [0, 0.1) is 5.92 Å². The number of aromatic hydroxyl groups is 1. The summed E-state index contributed by atoms with van der Waals surface area (Å²) in [7, 11) is -0.433. The Morgan fingerprint density at radius 3 is 2.14 bits per heavy atom. The van der Waals surface area contributed by atoms with Crippen molar-refractivity contribution >= 4 is 7.82 Å². The highest BCUT2D eigenvalue weighted by atomic mass is 31.2. The molecule has 1 aromatic rings. The molecule has 4 N–H and O–H groups in total. The number of rotatable bonds is 5. The third-order valence-electron chi connectivity index (χ3n) is 3.08. The van der Waals surface area contributed by atoms with Gasteiger partial charge in [0.2, 0.25) is 0 Å². The van der Waals surface area contributed by atoms with Crippen LogP contribution in [0.3, 0.4) is 0 Å². The van der Waals surface area contributed by atoms with Crippen LogP contribution in [0.1, 0.15) is 31.7 Å². The maximum absolute atomic E-state index is 9.51. The van der Waals surface area contributed by atoms with E-state index in [9.17, 15) is 5.11 Å². The van der Waals surface area contributed by atoms with Gasteiger partial charge in [-0.15, -0.1) is 0 Å². The molecule has 0 unspecified atom stereocenters. The standard InChI is InChI=1S/C14H23NO.H3O4P/c1-5-14(11(2)10-15(3)4)12-7-6-8-13(16)9-12;1-5(2,3)4/h6-9,11,14,16H,5,10H2,1-4H3;(H3,1,2,3,4)/t11-,14+;/m0./s1. The van der Waals surface area contributed by atoms with Gasteiger partial charge in [-0.2, -0.15) is 0 Å². The minimum absolute atomic E-state index is 0.369. The summed E-state index contributed by atoms with van der Waals surface area (Å²) in [6, 6.07) is 7.66. The molecule has 0 bridgehead atoms. The maximum atomic E-state index is 9.51. The molecule has 7 heteroatoms. The van der Waals surface area contributed by atoms with Gasteiger partial charge in [-0.1, -0.05) is 26.0 Å². The van der Waals surface area contributed by atoms with Crippen molar-refractivity contribution in [3.8, 4) is 5.75 Å². The van der Waals surface area contributed by atoms with E-state index in [0.29, 0.717) is 17.6 Å². The maximum Gasteiger partial charge on any atom is 0.466 e. The quantitative estimate of drug-likeness (QED) is 0.620. The van der Waals surface area contributed by atoms with E-state index >= 15 is 0 Å². The molecule has 0 aliphatic carbocycles. The number of phosphoric acid groups is 1. The lowest BCUT2D eigenvalue weighted by molar-refractivity contribution is 0.275. The Morgan fingerprint density at radius 2 is 1.76 bits per heavy atom. The van der Waals surface area contributed by atoms with Crippen molar-refractivity contribution in [2.75, 3.05) is 20.6 Å². The second-order valence-electron chi connectivity index (χ2n) is 5.36. The molecule has 0 radical (unpaired) electrons. The Kier molecular flexibility index (Phi) is 8.78. The summed E-state index contributed by atoms with van der Waals surface area (Å²) in [4.78, 5) is 23.8. The second kappa shape index (κ2) is 9.18. The highest BCUT2D eigenvalue weighted by Crippen LogP contribution is 2.30. The molecule has 6 nitrogen and oxygen atoms in total. The van der Waals surface area contributed by atoms with Crippen LogP contribution in [-0.2, 0) is 4.57 Å².